The van der Waals surface area contributed by atoms with Crippen molar-refractivity contribution in [2.75, 3.05) is 12.4 Å². The molecule has 0 rings (SSSR count). The molecule has 0 aromatic carbocycles. The van der Waals surface area contributed by atoms with Gasteiger partial charge in [0, 0.05) is 0 Å². The summed E-state index contributed by atoms with van der Waals surface area (Å²) >= 11 is 0. The van der Waals surface area contributed by atoms with E-state index in [1.807, 2.05) is 0 Å². The summed E-state index contributed by atoms with van der Waals surface area (Å²) in [4.78, 5) is 0. The van der Waals surface area contributed by atoms with Gasteiger partial charge in [-0.3, -0.25) is 0 Å². The van der Waals surface area contributed by atoms with Gasteiger partial charge in [-0.1, -0.05) is 0 Å². The van der Waals surface area contributed by atoms with Gasteiger partial charge in [0.2, 0.25) is 0 Å². The molecule has 7 heteroatoms. The van der Waals surface area contributed by atoms with E-state index in [4.69, 9.17) is 0 Å². The largest absolute Gasteiger partial charge is 0.402 e. The van der Waals surface area contributed by atoms with E-state index >= 15 is 0 Å². The molecule has 0 aliphatic rings. The van der Waals surface area contributed by atoms with E-state index in [1.54, 1.807) is 0 Å². The first-order valence-corrected chi connectivity index (χ1v) is 5.02. The molecule has 0 atom stereocenters. The van der Waals surface area contributed by atoms with E-state index in [0.717, 1.165) is 13.8 Å². The highest BCUT2D eigenvalue weighted by atomic mass is 32.2. The maximum atomic E-state index is 12.1. The van der Waals surface area contributed by atoms with Crippen molar-refractivity contribution >= 4 is 9.84 Å². The highest BCUT2D eigenvalue weighted by Crippen LogP contribution is 2.25. The summed E-state index contributed by atoms with van der Waals surface area (Å²) in [6, 6.07) is 0. The quantitative estimate of drug-likeness (QED) is 0.681. The third-order valence-corrected chi connectivity index (χ3v) is 4.02. The van der Waals surface area contributed by atoms with Crippen LogP contribution < -0.4 is 0 Å². The van der Waals surface area contributed by atoms with Gasteiger partial charge in [0.15, 0.2) is 9.84 Å². The zero-order valence-electron chi connectivity index (χ0n) is 7.15. The molecule has 0 amide bonds. The Bertz CT molecular complexity index is 265. The Kier molecular flexibility index (Phi) is 3.35. The summed E-state index contributed by atoms with van der Waals surface area (Å²) < 4.78 is 67.2. The maximum Gasteiger partial charge on any atom is 0.402 e. The lowest BCUT2D eigenvalue weighted by atomic mass is 10.2. The monoisotopic (exact) mass is 222 g/mol. The first-order chi connectivity index (χ1) is 5.52. The Morgan fingerprint density at radius 2 is 1.54 bits per heavy atom. The van der Waals surface area contributed by atoms with Crippen molar-refractivity contribution in [1.82, 2.24) is 0 Å². The topological polar surface area (TPSA) is 34.1 Å². The lowest BCUT2D eigenvalue weighted by Crippen LogP contribution is -2.40. The molecule has 2 nitrogen and oxygen atoms in total. The fourth-order valence-corrected chi connectivity index (χ4v) is 1.48. The highest BCUT2D eigenvalue weighted by Gasteiger charge is 2.43. The fraction of sp³-hybridized carbons (Fsp3) is 1.00. The summed E-state index contributed by atoms with van der Waals surface area (Å²) in [5.74, 6) is -1.98. The van der Waals surface area contributed by atoms with Crippen molar-refractivity contribution in [2.45, 2.75) is 24.8 Å². The molecule has 0 spiro atoms. The van der Waals surface area contributed by atoms with Gasteiger partial charge in [-0.15, -0.1) is 0 Å². The molecular formula is C6H10F4O2S. The molecule has 0 aliphatic carbocycles. The molecule has 0 saturated carbocycles. The van der Waals surface area contributed by atoms with Crippen LogP contribution in [0.2, 0.25) is 0 Å². The molecule has 13 heavy (non-hydrogen) atoms. The fourth-order valence-electron chi connectivity index (χ4n) is 0.494. The number of rotatable bonds is 3. The molecule has 0 aromatic heterocycles. The first-order valence-electron chi connectivity index (χ1n) is 3.37. The van der Waals surface area contributed by atoms with Crippen LogP contribution in [0.4, 0.5) is 17.6 Å². The van der Waals surface area contributed by atoms with Crippen LogP contribution in [0.1, 0.15) is 13.8 Å². The first kappa shape index (κ1) is 12.7. The van der Waals surface area contributed by atoms with Crippen LogP contribution >= 0.6 is 0 Å². The van der Waals surface area contributed by atoms with E-state index in [2.05, 4.69) is 0 Å². The number of alkyl halides is 4. The predicted octanol–water partition coefficient (Wildman–Crippen LogP) is 1.71. The summed E-state index contributed by atoms with van der Waals surface area (Å²) in [5.41, 5.74) is 0. The number of halogens is 4. The van der Waals surface area contributed by atoms with Crippen molar-refractivity contribution in [3.8, 4) is 0 Å². The minimum Gasteiger partial charge on any atom is -0.249 e. The molecule has 0 heterocycles. The van der Waals surface area contributed by atoms with E-state index in [-0.39, 0.29) is 0 Å². The molecule has 0 fully saturated rings. The molecular weight excluding hydrogens is 212 g/mol. The normalized spacial score (nSPS) is 14.6. The molecule has 0 bridgehead atoms. The van der Waals surface area contributed by atoms with Crippen molar-refractivity contribution in [2.24, 2.45) is 0 Å². The Morgan fingerprint density at radius 3 is 1.77 bits per heavy atom. The van der Waals surface area contributed by atoms with Crippen molar-refractivity contribution in [3.63, 3.8) is 0 Å². The number of hydrogen-bond acceptors (Lipinski definition) is 2. The van der Waals surface area contributed by atoms with Gasteiger partial charge < -0.3 is 0 Å². The van der Waals surface area contributed by atoms with Gasteiger partial charge in [0.25, 0.3) is 0 Å². The average Bonchev–Trinajstić information content (AvgIpc) is 1.81. The van der Waals surface area contributed by atoms with Gasteiger partial charge in [-0.05, 0) is 13.8 Å². The van der Waals surface area contributed by atoms with Gasteiger partial charge in [0.05, 0.1) is 4.75 Å². The number of sulfone groups is 1. The molecule has 80 valence electrons. The van der Waals surface area contributed by atoms with Crippen LogP contribution in [0.5, 0.6) is 0 Å². The Balaban J connectivity index is 4.81. The third kappa shape index (κ3) is 3.50. The highest BCUT2D eigenvalue weighted by molar-refractivity contribution is 7.92. The second-order valence-electron chi connectivity index (χ2n) is 3.27. The Morgan fingerprint density at radius 1 is 1.15 bits per heavy atom. The standard InChI is InChI=1S/C6H10F4O2S/c1-5(2,3-7)13(11,12)4-6(8,9)10/h3-4H2,1-2H3. The average molecular weight is 222 g/mol. The van der Waals surface area contributed by atoms with Crippen LogP contribution in [0.15, 0.2) is 0 Å². The second-order valence-corrected chi connectivity index (χ2v) is 5.89. The minimum absolute atomic E-state index is 0.925. The van der Waals surface area contributed by atoms with Crippen LogP contribution in [0.3, 0.4) is 0 Å². The van der Waals surface area contributed by atoms with Crippen LogP contribution in [0.25, 0.3) is 0 Å². The van der Waals surface area contributed by atoms with Crippen molar-refractivity contribution in [1.29, 1.82) is 0 Å². The van der Waals surface area contributed by atoms with E-state index < -0.39 is 33.2 Å². The second kappa shape index (κ2) is 3.43. The van der Waals surface area contributed by atoms with Gasteiger partial charge >= 0.3 is 6.18 Å². The van der Waals surface area contributed by atoms with Gasteiger partial charge in [-0.25, -0.2) is 12.8 Å². The molecule has 0 unspecified atom stereocenters. The summed E-state index contributed by atoms with van der Waals surface area (Å²) in [5, 5.41) is 0. The van der Waals surface area contributed by atoms with E-state index in [1.165, 1.54) is 0 Å². The molecule has 0 radical (unpaired) electrons. The number of hydrogen-bond donors (Lipinski definition) is 0. The zero-order chi connectivity index (χ0) is 10.9. The Hall–Kier alpha value is -0.330. The maximum absolute atomic E-state index is 12.1. The van der Waals surface area contributed by atoms with E-state index in [9.17, 15) is 26.0 Å². The van der Waals surface area contributed by atoms with Gasteiger partial charge in [0.1, 0.15) is 12.4 Å². The summed E-state index contributed by atoms with van der Waals surface area (Å²) in [6.45, 7) is 0.521. The predicted molar refractivity (Wildman–Crippen MR) is 39.9 cm³/mol. The van der Waals surface area contributed by atoms with Gasteiger partial charge in [-0.2, -0.15) is 13.2 Å². The van der Waals surface area contributed by atoms with Crippen LogP contribution in [0, 0.1) is 0 Å². The lowest BCUT2D eigenvalue weighted by Gasteiger charge is -2.21. The summed E-state index contributed by atoms with van der Waals surface area (Å²) in [6.07, 6.45) is -4.81. The SMILES string of the molecule is CC(C)(CF)S(=O)(=O)CC(F)(F)F. The lowest BCUT2D eigenvalue weighted by molar-refractivity contribution is -0.106. The molecule has 0 saturated heterocycles. The molecule has 0 aromatic rings. The summed E-state index contributed by atoms with van der Waals surface area (Å²) in [7, 11) is -4.47. The molecule has 0 aliphatic heterocycles. The van der Waals surface area contributed by atoms with E-state index in [0.29, 0.717) is 0 Å². The van der Waals surface area contributed by atoms with Crippen LogP contribution in [-0.4, -0.2) is 31.8 Å². The smallest absolute Gasteiger partial charge is 0.249 e. The zero-order valence-corrected chi connectivity index (χ0v) is 7.97. The third-order valence-electron chi connectivity index (χ3n) is 1.52. The van der Waals surface area contributed by atoms with Crippen molar-refractivity contribution < 1.29 is 26.0 Å². The van der Waals surface area contributed by atoms with Crippen LogP contribution in [-0.2, 0) is 9.84 Å². The minimum atomic E-state index is -4.81. The Labute approximate surface area is 73.9 Å². The molecule has 0 N–H and O–H groups in total. The van der Waals surface area contributed by atoms with Crippen molar-refractivity contribution in [3.05, 3.63) is 0 Å².